The van der Waals surface area contributed by atoms with Gasteiger partial charge in [0.05, 0.1) is 5.52 Å². The molecular weight excluding hydrogens is 272 g/mol. The highest BCUT2D eigenvalue weighted by molar-refractivity contribution is 7.84. The number of aromatic nitrogens is 1. The van der Waals surface area contributed by atoms with Gasteiger partial charge >= 0.3 is 0 Å². The fourth-order valence-corrected chi connectivity index (χ4v) is 3.03. The van der Waals surface area contributed by atoms with Crippen molar-refractivity contribution in [2.45, 2.75) is 13.0 Å². The number of amides is 1. The number of rotatable bonds is 4. The summed E-state index contributed by atoms with van der Waals surface area (Å²) < 4.78 is 11.3. The molecule has 106 valence electrons. The number of hydrogen-bond donors (Lipinski definition) is 0. The first kappa shape index (κ1) is 14.7. The van der Waals surface area contributed by atoms with E-state index in [9.17, 15) is 9.00 Å². The number of carbonyl (C=O) groups excluding carboxylic acids is 1. The van der Waals surface area contributed by atoms with E-state index in [1.165, 1.54) is 0 Å². The Bertz CT molecular complexity index is 652. The SMILES string of the molecule is C[C@H](C[S@](C)=O)N(C)C(=O)c1cccc2ncccc12. The minimum atomic E-state index is -0.923. The van der Waals surface area contributed by atoms with Crippen LogP contribution in [0, 0.1) is 0 Å². The van der Waals surface area contributed by atoms with Gasteiger partial charge in [0.1, 0.15) is 0 Å². The second kappa shape index (κ2) is 6.13. The maximum absolute atomic E-state index is 12.6. The molecule has 0 saturated carbocycles. The Labute approximate surface area is 121 Å². The summed E-state index contributed by atoms with van der Waals surface area (Å²) in [5, 5.41) is 0.844. The van der Waals surface area contributed by atoms with Crippen molar-refractivity contribution in [2.24, 2.45) is 0 Å². The Kier molecular flexibility index (Phi) is 4.49. The van der Waals surface area contributed by atoms with Crippen LogP contribution in [0.2, 0.25) is 0 Å². The Hall–Kier alpha value is -1.75. The van der Waals surface area contributed by atoms with Crippen molar-refractivity contribution in [1.29, 1.82) is 0 Å². The maximum Gasteiger partial charge on any atom is 0.254 e. The predicted molar refractivity (Wildman–Crippen MR) is 82.2 cm³/mol. The first-order chi connectivity index (χ1) is 9.50. The van der Waals surface area contributed by atoms with Crippen LogP contribution < -0.4 is 0 Å². The molecule has 0 radical (unpaired) electrons. The number of pyridine rings is 1. The lowest BCUT2D eigenvalue weighted by Gasteiger charge is -2.24. The van der Waals surface area contributed by atoms with Crippen molar-refractivity contribution in [2.75, 3.05) is 19.1 Å². The average Bonchev–Trinajstić information content (AvgIpc) is 2.44. The van der Waals surface area contributed by atoms with Crippen LogP contribution in [0.15, 0.2) is 36.5 Å². The largest absolute Gasteiger partial charge is 0.338 e. The minimum absolute atomic E-state index is 0.0680. The highest BCUT2D eigenvalue weighted by Gasteiger charge is 2.20. The highest BCUT2D eigenvalue weighted by atomic mass is 32.2. The van der Waals surface area contributed by atoms with E-state index < -0.39 is 10.8 Å². The van der Waals surface area contributed by atoms with Gasteiger partial charge in [0.15, 0.2) is 0 Å². The topological polar surface area (TPSA) is 50.3 Å². The monoisotopic (exact) mass is 290 g/mol. The maximum atomic E-state index is 12.6. The van der Waals surface area contributed by atoms with Crippen LogP contribution in [0.1, 0.15) is 17.3 Å². The summed E-state index contributed by atoms with van der Waals surface area (Å²) in [5.41, 5.74) is 1.44. The number of benzene rings is 1. The molecule has 2 aromatic rings. The van der Waals surface area contributed by atoms with E-state index in [2.05, 4.69) is 4.98 Å². The van der Waals surface area contributed by atoms with Crippen molar-refractivity contribution >= 4 is 27.6 Å². The molecule has 2 rings (SSSR count). The zero-order valence-corrected chi connectivity index (χ0v) is 12.7. The van der Waals surface area contributed by atoms with Crippen molar-refractivity contribution in [1.82, 2.24) is 9.88 Å². The van der Waals surface area contributed by atoms with Crippen LogP contribution in [-0.2, 0) is 10.8 Å². The van der Waals surface area contributed by atoms with Crippen molar-refractivity contribution in [3.63, 3.8) is 0 Å². The van der Waals surface area contributed by atoms with E-state index in [-0.39, 0.29) is 11.9 Å². The van der Waals surface area contributed by atoms with Crippen LogP contribution in [0.5, 0.6) is 0 Å². The first-order valence-electron chi connectivity index (χ1n) is 6.41. The minimum Gasteiger partial charge on any atom is -0.338 e. The summed E-state index contributed by atoms with van der Waals surface area (Å²) in [7, 11) is 0.823. The van der Waals surface area contributed by atoms with Gasteiger partial charge in [-0.1, -0.05) is 12.1 Å². The second-order valence-electron chi connectivity index (χ2n) is 4.88. The Morgan fingerprint density at radius 2 is 2.10 bits per heavy atom. The molecule has 4 nitrogen and oxygen atoms in total. The van der Waals surface area contributed by atoms with E-state index in [0.717, 1.165) is 10.9 Å². The second-order valence-corrected chi connectivity index (χ2v) is 6.36. The van der Waals surface area contributed by atoms with Gasteiger partial charge in [0.2, 0.25) is 0 Å². The van der Waals surface area contributed by atoms with Crippen LogP contribution in [0.3, 0.4) is 0 Å². The summed E-state index contributed by atoms with van der Waals surface area (Å²) in [6.07, 6.45) is 3.36. The highest BCUT2D eigenvalue weighted by Crippen LogP contribution is 2.18. The molecule has 1 amide bonds. The molecule has 0 saturated heterocycles. The number of carbonyl (C=O) groups is 1. The third kappa shape index (κ3) is 3.04. The van der Waals surface area contributed by atoms with E-state index >= 15 is 0 Å². The molecule has 0 spiro atoms. The normalized spacial score (nSPS) is 13.9. The quantitative estimate of drug-likeness (QED) is 0.866. The third-order valence-corrected chi connectivity index (χ3v) is 4.29. The van der Waals surface area contributed by atoms with Crippen LogP contribution in [0.25, 0.3) is 10.9 Å². The molecule has 0 bridgehead atoms. The van der Waals surface area contributed by atoms with Crippen LogP contribution >= 0.6 is 0 Å². The molecule has 1 aromatic heterocycles. The Morgan fingerprint density at radius 1 is 1.35 bits per heavy atom. The van der Waals surface area contributed by atoms with Crippen molar-refractivity contribution < 1.29 is 9.00 Å². The lowest BCUT2D eigenvalue weighted by molar-refractivity contribution is 0.0759. The molecule has 0 N–H and O–H groups in total. The van der Waals surface area contributed by atoms with Gasteiger partial charge < -0.3 is 4.90 Å². The standard InChI is InChI=1S/C15H18N2O2S/c1-11(10-20(3)19)17(2)15(18)13-6-4-8-14-12(13)7-5-9-16-14/h4-9,11H,10H2,1-3H3/t11-,20+/m1/s1. The van der Waals surface area contributed by atoms with Crippen LogP contribution in [-0.4, -0.2) is 45.1 Å². The van der Waals surface area contributed by atoms with Gasteiger partial charge in [0.25, 0.3) is 5.91 Å². The van der Waals surface area contributed by atoms with Crippen molar-refractivity contribution in [3.05, 3.63) is 42.1 Å². The molecule has 2 atom stereocenters. The molecule has 20 heavy (non-hydrogen) atoms. The van der Waals surface area contributed by atoms with Crippen LogP contribution in [0.4, 0.5) is 0 Å². The average molecular weight is 290 g/mol. The summed E-state index contributed by atoms with van der Waals surface area (Å²) in [4.78, 5) is 18.5. The number of nitrogens with zero attached hydrogens (tertiary/aromatic N) is 2. The van der Waals surface area contributed by atoms with E-state index in [1.807, 2.05) is 31.2 Å². The van der Waals surface area contributed by atoms with E-state index in [4.69, 9.17) is 0 Å². The molecule has 0 aliphatic rings. The molecule has 1 heterocycles. The van der Waals surface area contributed by atoms with Crippen molar-refractivity contribution in [3.8, 4) is 0 Å². The predicted octanol–water partition coefficient (Wildman–Crippen LogP) is 2.07. The number of fused-ring (bicyclic) bond motifs is 1. The first-order valence-corrected chi connectivity index (χ1v) is 8.14. The smallest absolute Gasteiger partial charge is 0.254 e. The number of hydrogen-bond acceptors (Lipinski definition) is 3. The van der Waals surface area contributed by atoms with E-state index in [0.29, 0.717) is 11.3 Å². The summed E-state index contributed by atoms with van der Waals surface area (Å²) >= 11 is 0. The fraction of sp³-hybridized carbons (Fsp3) is 0.333. The van der Waals surface area contributed by atoms with Gasteiger partial charge in [-0.2, -0.15) is 0 Å². The van der Waals surface area contributed by atoms with Gasteiger partial charge in [-0.3, -0.25) is 14.0 Å². The zero-order valence-electron chi connectivity index (χ0n) is 11.9. The molecule has 1 aromatic carbocycles. The molecule has 0 unspecified atom stereocenters. The zero-order chi connectivity index (χ0) is 14.7. The molecular formula is C15H18N2O2S. The van der Waals surface area contributed by atoms with Gasteiger partial charge in [-0.25, -0.2) is 0 Å². The Morgan fingerprint density at radius 3 is 2.80 bits per heavy atom. The summed E-state index contributed by atoms with van der Waals surface area (Å²) in [6, 6.07) is 9.17. The molecule has 0 aliphatic heterocycles. The van der Waals surface area contributed by atoms with Gasteiger partial charge in [0, 0.05) is 53.0 Å². The van der Waals surface area contributed by atoms with Gasteiger partial charge in [-0.15, -0.1) is 0 Å². The van der Waals surface area contributed by atoms with Gasteiger partial charge in [-0.05, 0) is 25.1 Å². The third-order valence-electron chi connectivity index (χ3n) is 3.33. The summed E-state index contributed by atoms with van der Waals surface area (Å²) in [6.45, 7) is 1.91. The summed E-state index contributed by atoms with van der Waals surface area (Å²) in [5.74, 6) is 0.409. The lowest BCUT2D eigenvalue weighted by Crippen LogP contribution is -2.38. The lowest BCUT2D eigenvalue weighted by atomic mass is 10.1. The molecule has 0 fully saturated rings. The Balaban J connectivity index is 2.34. The fourth-order valence-electron chi connectivity index (χ4n) is 2.13. The van der Waals surface area contributed by atoms with E-state index in [1.54, 1.807) is 30.5 Å². The molecule has 5 heteroatoms. The molecule has 0 aliphatic carbocycles.